The summed E-state index contributed by atoms with van der Waals surface area (Å²) in [4.78, 5) is 11.6. The largest absolute Gasteiger partial charge is 0.334 e. The van der Waals surface area contributed by atoms with Crippen molar-refractivity contribution in [3.63, 3.8) is 0 Å². The lowest BCUT2D eigenvalue weighted by molar-refractivity contribution is 0.240. The highest BCUT2D eigenvalue weighted by Gasteiger charge is 2.04. The van der Waals surface area contributed by atoms with Crippen LogP contribution in [0.3, 0.4) is 0 Å². The van der Waals surface area contributed by atoms with Crippen LogP contribution in [0.5, 0.6) is 0 Å². The number of urea groups is 1. The number of hydrogen-bond acceptors (Lipinski definition) is 1. The Morgan fingerprint density at radius 1 is 0.632 bits per heavy atom. The molecule has 4 aliphatic rings. The fraction of sp³-hybridized carbons (Fsp3) is 0.188. The van der Waals surface area contributed by atoms with Crippen LogP contribution in [0.4, 0.5) is 4.79 Å². The Hall–Kier alpha value is -2.29. The molecule has 0 saturated carbocycles. The van der Waals surface area contributed by atoms with Crippen LogP contribution in [0.1, 0.15) is 22.3 Å². The average molecular weight is 252 g/mol. The predicted octanol–water partition coefficient (Wildman–Crippen LogP) is 2.59. The molecule has 0 fully saturated rings. The van der Waals surface area contributed by atoms with E-state index in [0.717, 1.165) is 17.5 Å². The molecular formula is C16H16N2O. The highest BCUT2D eigenvalue weighted by molar-refractivity contribution is 5.73. The lowest BCUT2D eigenvalue weighted by Crippen LogP contribution is -2.34. The van der Waals surface area contributed by atoms with Gasteiger partial charge in [-0.05, 0) is 28.7 Å². The first-order valence-corrected chi connectivity index (χ1v) is 6.47. The Labute approximate surface area is 112 Å². The molecule has 6 rings (SSSR count). The Morgan fingerprint density at radius 3 is 1.42 bits per heavy atom. The highest BCUT2D eigenvalue weighted by Crippen LogP contribution is 2.12. The van der Waals surface area contributed by atoms with E-state index >= 15 is 0 Å². The van der Waals surface area contributed by atoms with E-state index in [1.54, 1.807) is 0 Å². The third-order valence-corrected chi connectivity index (χ3v) is 3.36. The normalized spacial score (nSPS) is 14.6. The van der Waals surface area contributed by atoms with Crippen molar-refractivity contribution in [3.05, 3.63) is 70.8 Å². The second-order valence-corrected chi connectivity index (χ2v) is 4.85. The number of rotatable bonds is 0. The molecule has 2 aromatic rings. The maximum atomic E-state index is 11.6. The van der Waals surface area contributed by atoms with Gasteiger partial charge in [0.05, 0.1) is 0 Å². The molecule has 2 N–H and O–H groups in total. The number of amides is 2. The van der Waals surface area contributed by atoms with Crippen molar-refractivity contribution in [1.29, 1.82) is 0 Å². The van der Waals surface area contributed by atoms with Crippen LogP contribution in [-0.2, 0) is 19.5 Å². The molecule has 0 spiro atoms. The maximum absolute atomic E-state index is 11.6. The molecule has 3 heteroatoms. The highest BCUT2D eigenvalue weighted by atomic mass is 16.2. The minimum Gasteiger partial charge on any atom is -0.334 e. The van der Waals surface area contributed by atoms with E-state index in [0.29, 0.717) is 13.1 Å². The van der Waals surface area contributed by atoms with Gasteiger partial charge in [0.1, 0.15) is 0 Å². The van der Waals surface area contributed by atoms with Crippen molar-refractivity contribution in [2.45, 2.75) is 19.5 Å². The zero-order chi connectivity index (χ0) is 13.1. The van der Waals surface area contributed by atoms with E-state index in [9.17, 15) is 4.79 Å². The SMILES string of the molecule is O=C1NCc2ccc(cc2)Cc2ccc(cc2)CN1. The fourth-order valence-corrected chi connectivity index (χ4v) is 2.21. The molecule has 2 aromatic carbocycles. The zero-order valence-corrected chi connectivity index (χ0v) is 10.6. The van der Waals surface area contributed by atoms with Crippen LogP contribution < -0.4 is 10.6 Å². The molecule has 0 aromatic heterocycles. The third kappa shape index (κ3) is 2.94. The molecule has 0 unspecified atom stereocenters. The van der Waals surface area contributed by atoms with Crippen molar-refractivity contribution in [3.8, 4) is 0 Å². The van der Waals surface area contributed by atoms with Crippen LogP contribution >= 0.6 is 0 Å². The van der Waals surface area contributed by atoms with Gasteiger partial charge in [-0.2, -0.15) is 0 Å². The quantitative estimate of drug-likeness (QED) is 0.743. The van der Waals surface area contributed by atoms with Crippen LogP contribution in [0.15, 0.2) is 48.5 Å². The molecule has 3 nitrogen and oxygen atoms in total. The van der Waals surface area contributed by atoms with Gasteiger partial charge in [0.2, 0.25) is 0 Å². The van der Waals surface area contributed by atoms with Crippen molar-refractivity contribution in [2.24, 2.45) is 0 Å². The van der Waals surface area contributed by atoms with Crippen LogP contribution in [-0.4, -0.2) is 6.03 Å². The number of benzene rings is 2. The topological polar surface area (TPSA) is 41.1 Å². The van der Waals surface area contributed by atoms with Crippen molar-refractivity contribution in [2.75, 3.05) is 0 Å². The lowest BCUT2D eigenvalue weighted by Gasteiger charge is -2.11. The summed E-state index contributed by atoms with van der Waals surface area (Å²) < 4.78 is 0. The first-order chi connectivity index (χ1) is 9.29. The van der Waals surface area contributed by atoms with E-state index < -0.39 is 0 Å². The Kier molecular flexibility index (Phi) is 3.19. The molecule has 19 heavy (non-hydrogen) atoms. The van der Waals surface area contributed by atoms with E-state index in [2.05, 4.69) is 59.2 Å². The number of nitrogens with one attached hydrogen (secondary N) is 2. The summed E-state index contributed by atoms with van der Waals surface area (Å²) in [6, 6.07) is 16.6. The van der Waals surface area contributed by atoms with Crippen LogP contribution in [0, 0.1) is 0 Å². The van der Waals surface area contributed by atoms with E-state index in [1.165, 1.54) is 11.1 Å². The standard InChI is InChI=1S/C16H16N2O/c19-16-17-10-14-5-1-12(2-6-14)9-13-3-7-15(8-4-13)11-18-16/h1-8H,9-11H2,(H2,17,18,19). The van der Waals surface area contributed by atoms with Gasteiger partial charge in [0.25, 0.3) is 0 Å². The third-order valence-electron chi connectivity index (χ3n) is 3.36. The van der Waals surface area contributed by atoms with Gasteiger partial charge in [-0.15, -0.1) is 0 Å². The first kappa shape index (κ1) is 11.8. The molecule has 4 heterocycles. The van der Waals surface area contributed by atoms with Gasteiger partial charge in [-0.3, -0.25) is 0 Å². The summed E-state index contributed by atoms with van der Waals surface area (Å²) in [7, 11) is 0. The van der Waals surface area contributed by atoms with Crippen molar-refractivity contribution < 1.29 is 4.79 Å². The lowest BCUT2D eigenvalue weighted by atomic mass is 10.0. The van der Waals surface area contributed by atoms with Gasteiger partial charge >= 0.3 is 6.03 Å². The van der Waals surface area contributed by atoms with Gasteiger partial charge in [0.15, 0.2) is 0 Å². The second kappa shape index (κ2) is 5.14. The minimum absolute atomic E-state index is 0.134. The summed E-state index contributed by atoms with van der Waals surface area (Å²) in [5.74, 6) is 0. The summed E-state index contributed by atoms with van der Waals surface area (Å²) in [6.07, 6.45) is 0.945. The smallest absolute Gasteiger partial charge is 0.315 e. The Bertz CT molecular complexity index is 521. The molecule has 0 atom stereocenters. The molecule has 0 radical (unpaired) electrons. The number of carbonyl (C=O) groups is 1. The molecule has 0 saturated heterocycles. The summed E-state index contributed by atoms with van der Waals surface area (Å²) >= 11 is 0. The summed E-state index contributed by atoms with van der Waals surface area (Å²) in [6.45, 7) is 1.12. The van der Waals surface area contributed by atoms with E-state index in [-0.39, 0.29) is 6.03 Å². The van der Waals surface area contributed by atoms with Crippen LogP contribution in [0.2, 0.25) is 0 Å². The summed E-state index contributed by atoms with van der Waals surface area (Å²) in [5, 5.41) is 5.71. The van der Waals surface area contributed by atoms with Gasteiger partial charge in [-0.25, -0.2) is 4.79 Å². The zero-order valence-electron chi connectivity index (χ0n) is 10.6. The van der Waals surface area contributed by atoms with Gasteiger partial charge in [0, 0.05) is 13.1 Å². The minimum atomic E-state index is -0.134. The second-order valence-electron chi connectivity index (χ2n) is 4.85. The number of carbonyl (C=O) groups excluding carboxylic acids is 1. The predicted molar refractivity (Wildman–Crippen MR) is 74.8 cm³/mol. The van der Waals surface area contributed by atoms with Crippen molar-refractivity contribution in [1.82, 2.24) is 10.6 Å². The number of hydrogen-bond donors (Lipinski definition) is 2. The summed E-state index contributed by atoms with van der Waals surface area (Å²) in [5.41, 5.74) is 4.81. The maximum Gasteiger partial charge on any atom is 0.315 e. The molecule has 0 aliphatic carbocycles. The molecule has 2 amide bonds. The monoisotopic (exact) mass is 252 g/mol. The van der Waals surface area contributed by atoms with Gasteiger partial charge < -0.3 is 10.6 Å². The molecule has 4 bridgehead atoms. The first-order valence-electron chi connectivity index (χ1n) is 6.47. The van der Waals surface area contributed by atoms with Gasteiger partial charge in [-0.1, -0.05) is 48.5 Å². The Morgan fingerprint density at radius 2 is 1.00 bits per heavy atom. The van der Waals surface area contributed by atoms with Crippen LogP contribution in [0.25, 0.3) is 0 Å². The average Bonchev–Trinajstić information content (AvgIpc) is 2.46. The molecule has 96 valence electrons. The van der Waals surface area contributed by atoms with Crippen molar-refractivity contribution >= 4 is 6.03 Å². The fourth-order valence-electron chi connectivity index (χ4n) is 2.21. The molecular weight excluding hydrogens is 236 g/mol. The van der Waals surface area contributed by atoms with E-state index in [4.69, 9.17) is 0 Å². The van der Waals surface area contributed by atoms with E-state index in [1.807, 2.05) is 0 Å². The molecule has 4 aliphatic heterocycles. The Balaban J connectivity index is 1.92.